The van der Waals surface area contributed by atoms with E-state index in [1.807, 2.05) is 12.1 Å². The van der Waals surface area contributed by atoms with Gasteiger partial charge in [0.15, 0.2) is 0 Å². The first-order valence-corrected chi connectivity index (χ1v) is 8.10. The quantitative estimate of drug-likeness (QED) is 0.870. The minimum absolute atomic E-state index is 0.721. The van der Waals surface area contributed by atoms with Crippen LogP contribution in [0, 0.1) is 0 Å². The van der Waals surface area contributed by atoms with Crippen molar-refractivity contribution in [2.24, 2.45) is 0 Å². The Morgan fingerprint density at radius 3 is 2.70 bits per heavy atom. The first-order chi connectivity index (χ1) is 9.72. The van der Waals surface area contributed by atoms with Gasteiger partial charge in [-0.05, 0) is 50.0 Å². The largest absolute Gasteiger partial charge is 0.398 e. The third kappa shape index (κ3) is 3.27. The molecule has 2 fully saturated rings. The van der Waals surface area contributed by atoms with E-state index in [9.17, 15) is 0 Å². The molecule has 2 saturated heterocycles. The molecule has 0 saturated carbocycles. The van der Waals surface area contributed by atoms with Gasteiger partial charge in [-0.1, -0.05) is 24.1 Å². The van der Waals surface area contributed by atoms with Crippen molar-refractivity contribution in [3.63, 3.8) is 0 Å². The molecule has 0 amide bonds. The van der Waals surface area contributed by atoms with Crippen LogP contribution >= 0.6 is 11.6 Å². The van der Waals surface area contributed by atoms with Crippen molar-refractivity contribution in [1.82, 2.24) is 9.80 Å². The van der Waals surface area contributed by atoms with E-state index in [0.29, 0.717) is 0 Å². The van der Waals surface area contributed by atoms with Crippen LogP contribution in [0.25, 0.3) is 0 Å². The second-order valence-electron chi connectivity index (χ2n) is 6.12. The Hall–Kier alpha value is -0.770. The molecule has 0 spiro atoms. The van der Waals surface area contributed by atoms with E-state index in [1.165, 1.54) is 57.4 Å². The van der Waals surface area contributed by atoms with Crippen LogP contribution in [0.1, 0.15) is 31.2 Å². The fraction of sp³-hybridized carbons (Fsp3) is 0.625. The molecular formula is C16H24ClN3. The molecule has 0 aromatic heterocycles. The zero-order valence-corrected chi connectivity index (χ0v) is 12.8. The van der Waals surface area contributed by atoms with E-state index in [0.717, 1.165) is 23.3 Å². The van der Waals surface area contributed by atoms with E-state index in [4.69, 9.17) is 17.3 Å². The maximum Gasteiger partial charge on any atom is 0.0426 e. The normalized spacial score (nSPS) is 25.1. The van der Waals surface area contributed by atoms with Gasteiger partial charge < -0.3 is 5.73 Å². The summed E-state index contributed by atoms with van der Waals surface area (Å²) >= 11 is 5.96. The second-order valence-corrected chi connectivity index (χ2v) is 6.55. The summed E-state index contributed by atoms with van der Waals surface area (Å²) in [4.78, 5) is 5.22. The number of piperidine rings is 1. The van der Waals surface area contributed by atoms with Crippen LogP contribution in [0.2, 0.25) is 5.02 Å². The summed E-state index contributed by atoms with van der Waals surface area (Å²) in [6.07, 6.45) is 5.46. The highest BCUT2D eigenvalue weighted by Crippen LogP contribution is 2.24. The van der Waals surface area contributed by atoms with Crippen LogP contribution in [0.3, 0.4) is 0 Å². The summed E-state index contributed by atoms with van der Waals surface area (Å²) in [6.45, 7) is 5.90. The van der Waals surface area contributed by atoms with Gasteiger partial charge in [0.2, 0.25) is 0 Å². The number of nitrogen functional groups attached to an aromatic ring is 1. The molecule has 0 aliphatic carbocycles. The van der Waals surface area contributed by atoms with Gasteiger partial charge in [0.1, 0.15) is 0 Å². The molecule has 1 atom stereocenters. The van der Waals surface area contributed by atoms with Gasteiger partial charge in [0, 0.05) is 36.4 Å². The highest BCUT2D eigenvalue weighted by atomic mass is 35.5. The molecule has 2 aliphatic rings. The predicted octanol–water partition coefficient (Wildman–Crippen LogP) is 2.98. The van der Waals surface area contributed by atoms with Crippen molar-refractivity contribution < 1.29 is 0 Å². The third-order valence-corrected chi connectivity index (χ3v) is 4.89. The van der Waals surface area contributed by atoms with Gasteiger partial charge in [0.05, 0.1) is 0 Å². The van der Waals surface area contributed by atoms with Crippen LogP contribution in [0.4, 0.5) is 5.69 Å². The average molecular weight is 294 g/mol. The second kappa shape index (κ2) is 6.33. The summed E-state index contributed by atoms with van der Waals surface area (Å²) in [5.41, 5.74) is 8.08. The number of nitrogens with zero attached hydrogens (tertiary/aromatic N) is 2. The van der Waals surface area contributed by atoms with Crippen molar-refractivity contribution in [2.75, 3.05) is 31.9 Å². The Morgan fingerprint density at radius 2 is 1.95 bits per heavy atom. The fourth-order valence-corrected chi connectivity index (χ4v) is 3.67. The van der Waals surface area contributed by atoms with E-state index in [-0.39, 0.29) is 0 Å². The molecule has 1 aromatic carbocycles. The van der Waals surface area contributed by atoms with Gasteiger partial charge in [-0.3, -0.25) is 9.80 Å². The molecule has 20 heavy (non-hydrogen) atoms. The zero-order chi connectivity index (χ0) is 13.9. The molecule has 2 heterocycles. The van der Waals surface area contributed by atoms with Crippen molar-refractivity contribution in [3.05, 3.63) is 28.8 Å². The average Bonchev–Trinajstić information content (AvgIpc) is 2.92. The van der Waals surface area contributed by atoms with Crippen LogP contribution in [-0.2, 0) is 6.54 Å². The molecule has 2 N–H and O–H groups in total. The van der Waals surface area contributed by atoms with Gasteiger partial charge in [0.25, 0.3) is 0 Å². The monoisotopic (exact) mass is 293 g/mol. The lowest BCUT2D eigenvalue weighted by Gasteiger charge is -2.32. The summed E-state index contributed by atoms with van der Waals surface area (Å²) in [6, 6.07) is 6.61. The summed E-state index contributed by atoms with van der Waals surface area (Å²) < 4.78 is 0. The Bertz CT molecular complexity index is 457. The Labute approximate surface area is 126 Å². The Kier molecular flexibility index (Phi) is 4.49. The first-order valence-electron chi connectivity index (χ1n) is 7.73. The first kappa shape index (κ1) is 14.2. The molecule has 110 valence electrons. The van der Waals surface area contributed by atoms with E-state index < -0.39 is 0 Å². The molecule has 3 nitrogen and oxygen atoms in total. The summed E-state index contributed by atoms with van der Waals surface area (Å²) in [7, 11) is 0. The highest BCUT2D eigenvalue weighted by molar-refractivity contribution is 6.30. The van der Waals surface area contributed by atoms with E-state index in [2.05, 4.69) is 15.9 Å². The predicted molar refractivity (Wildman–Crippen MR) is 85.0 cm³/mol. The standard InChI is InChI=1S/C16H24ClN3/c17-14-5-4-13(16(18)10-14)11-19-9-6-15(12-19)20-7-2-1-3-8-20/h4-5,10,15H,1-3,6-9,11-12,18H2. The lowest BCUT2D eigenvalue weighted by molar-refractivity contribution is 0.161. The molecule has 2 aliphatic heterocycles. The molecule has 1 unspecified atom stereocenters. The summed E-state index contributed by atoms with van der Waals surface area (Å²) in [5.74, 6) is 0. The lowest BCUT2D eigenvalue weighted by Crippen LogP contribution is -2.40. The van der Waals surface area contributed by atoms with Crippen molar-refractivity contribution >= 4 is 17.3 Å². The molecule has 4 heteroatoms. The number of likely N-dealkylation sites (tertiary alicyclic amines) is 2. The number of anilines is 1. The maximum atomic E-state index is 6.06. The number of hydrogen-bond acceptors (Lipinski definition) is 3. The van der Waals surface area contributed by atoms with Gasteiger partial charge in [-0.2, -0.15) is 0 Å². The van der Waals surface area contributed by atoms with Crippen molar-refractivity contribution in [3.8, 4) is 0 Å². The van der Waals surface area contributed by atoms with Crippen molar-refractivity contribution in [2.45, 2.75) is 38.3 Å². The topological polar surface area (TPSA) is 32.5 Å². The number of rotatable bonds is 3. The van der Waals surface area contributed by atoms with Gasteiger partial charge >= 0.3 is 0 Å². The lowest BCUT2D eigenvalue weighted by atomic mass is 10.1. The molecule has 1 aromatic rings. The molecular weight excluding hydrogens is 270 g/mol. The van der Waals surface area contributed by atoms with Crippen LogP contribution in [-0.4, -0.2) is 42.0 Å². The SMILES string of the molecule is Nc1cc(Cl)ccc1CN1CCC(N2CCCCC2)C1. The smallest absolute Gasteiger partial charge is 0.0426 e. The third-order valence-electron chi connectivity index (χ3n) is 4.66. The zero-order valence-electron chi connectivity index (χ0n) is 12.0. The molecule has 0 bridgehead atoms. The maximum absolute atomic E-state index is 6.06. The number of benzene rings is 1. The number of nitrogens with two attached hydrogens (primary N) is 1. The molecule has 3 rings (SSSR count). The van der Waals surface area contributed by atoms with Crippen LogP contribution in [0.15, 0.2) is 18.2 Å². The minimum atomic E-state index is 0.721. The van der Waals surface area contributed by atoms with Crippen molar-refractivity contribution in [1.29, 1.82) is 0 Å². The number of halogens is 1. The summed E-state index contributed by atoms with van der Waals surface area (Å²) in [5, 5.41) is 0.721. The molecule has 0 radical (unpaired) electrons. The van der Waals surface area contributed by atoms with E-state index >= 15 is 0 Å². The van der Waals surface area contributed by atoms with Crippen LogP contribution in [0.5, 0.6) is 0 Å². The van der Waals surface area contributed by atoms with Crippen LogP contribution < -0.4 is 5.73 Å². The van der Waals surface area contributed by atoms with E-state index in [1.54, 1.807) is 0 Å². The van der Waals surface area contributed by atoms with Gasteiger partial charge in [-0.15, -0.1) is 0 Å². The van der Waals surface area contributed by atoms with Gasteiger partial charge in [-0.25, -0.2) is 0 Å². The highest BCUT2D eigenvalue weighted by Gasteiger charge is 2.28. The Balaban J connectivity index is 1.57. The Morgan fingerprint density at radius 1 is 1.15 bits per heavy atom. The minimum Gasteiger partial charge on any atom is -0.398 e. The fourth-order valence-electron chi connectivity index (χ4n) is 3.49. The number of hydrogen-bond donors (Lipinski definition) is 1.